The molecular weight excluding hydrogens is 356 g/mol. The zero-order chi connectivity index (χ0) is 17.9. The first-order valence-corrected chi connectivity index (χ1v) is 9.69. The van der Waals surface area contributed by atoms with Crippen molar-refractivity contribution in [2.75, 3.05) is 13.1 Å². The lowest BCUT2D eigenvalue weighted by Gasteiger charge is -2.31. The van der Waals surface area contributed by atoms with E-state index in [4.69, 9.17) is 5.73 Å². The molecule has 1 atom stereocenters. The molecule has 1 heterocycles. The van der Waals surface area contributed by atoms with Gasteiger partial charge in [0.15, 0.2) is 0 Å². The number of carbonyl (C=O) groups is 3. The number of imide groups is 1. The molecule has 0 aromatic rings. The molecule has 4 amide bonds. The molecule has 7 nitrogen and oxygen atoms in total. The number of nitrogens with two attached hydrogens (primary N) is 1. The minimum atomic E-state index is -0.772. The number of nitrogens with zero attached hydrogens (tertiary/aromatic N) is 1. The standard InChI is InChI=1S/C18H30N4O3.ClH/c19-11-14(13-7-3-1-4-8-13)20-15(23)12-22-16(24)18(21-17(22)25)9-5-2-6-10-18;/h13-14H,1-12,19H2,(H,20,23)(H,21,25);1H. The third-order valence-electron chi connectivity index (χ3n) is 6.07. The van der Waals surface area contributed by atoms with Gasteiger partial charge in [0, 0.05) is 12.6 Å². The van der Waals surface area contributed by atoms with Crippen LogP contribution in [0.4, 0.5) is 4.79 Å². The van der Waals surface area contributed by atoms with E-state index < -0.39 is 11.6 Å². The third-order valence-corrected chi connectivity index (χ3v) is 6.07. The van der Waals surface area contributed by atoms with E-state index in [-0.39, 0.29) is 36.8 Å². The molecule has 1 spiro atoms. The lowest BCUT2D eigenvalue weighted by molar-refractivity contribution is -0.136. The average Bonchev–Trinajstić information content (AvgIpc) is 2.85. The third kappa shape index (κ3) is 4.31. The van der Waals surface area contributed by atoms with Gasteiger partial charge in [0.2, 0.25) is 5.91 Å². The minimum absolute atomic E-state index is 0. The fraction of sp³-hybridized carbons (Fsp3) is 0.833. The first-order chi connectivity index (χ1) is 12.1. The van der Waals surface area contributed by atoms with Crippen molar-refractivity contribution < 1.29 is 14.4 Å². The van der Waals surface area contributed by atoms with E-state index in [1.54, 1.807) is 0 Å². The highest BCUT2D eigenvalue weighted by atomic mass is 35.5. The van der Waals surface area contributed by atoms with E-state index in [0.717, 1.165) is 37.0 Å². The van der Waals surface area contributed by atoms with Crippen LogP contribution in [0.25, 0.3) is 0 Å². The van der Waals surface area contributed by atoms with E-state index in [1.807, 2.05) is 0 Å². The molecule has 0 radical (unpaired) electrons. The summed E-state index contributed by atoms with van der Waals surface area (Å²) in [5, 5.41) is 5.80. The molecule has 3 fully saturated rings. The number of hydrogen-bond acceptors (Lipinski definition) is 4. The number of nitrogens with one attached hydrogen (secondary N) is 2. The highest BCUT2D eigenvalue weighted by molar-refractivity contribution is 6.09. The zero-order valence-electron chi connectivity index (χ0n) is 15.3. The van der Waals surface area contributed by atoms with Crippen molar-refractivity contribution in [3.8, 4) is 0 Å². The van der Waals surface area contributed by atoms with Crippen molar-refractivity contribution in [2.24, 2.45) is 11.7 Å². The Bertz CT molecular complexity index is 531. The lowest BCUT2D eigenvalue weighted by atomic mass is 9.82. The fourth-order valence-electron chi connectivity index (χ4n) is 4.62. The van der Waals surface area contributed by atoms with E-state index in [0.29, 0.717) is 25.3 Å². The van der Waals surface area contributed by atoms with Crippen LogP contribution in [0.2, 0.25) is 0 Å². The molecule has 3 aliphatic rings. The molecule has 3 rings (SSSR count). The Labute approximate surface area is 161 Å². The monoisotopic (exact) mass is 386 g/mol. The van der Waals surface area contributed by atoms with Gasteiger partial charge in [-0.1, -0.05) is 38.5 Å². The number of halogens is 1. The number of carbonyl (C=O) groups excluding carboxylic acids is 3. The maximum atomic E-state index is 12.7. The van der Waals surface area contributed by atoms with Crippen LogP contribution in [0, 0.1) is 5.92 Å². The smallest absolute Gasteiger partial charge is 0.325 e. The van der Waals surface area contributed by atoms with Crippen LogP contribution in [-0.2, 0) is 9.59 Å². The van der Waals surface area contributed by atoms with Gasteiger partial charge in [-0.2, -0.15) is 0 Å². The minimum Gasteiger partial charge on any atom is -0.350 e. The van der Waals surface area contributed by atoms with Crippen molar-refractivity contribution in [1.29, 1.82) is 0 Å². The van der Waals surface area contributed by atoms with E-state index in [2.05, 4.69) is 10.6 Å². The topological polar surface area (TPSA) is 105 Å². The van der Waals surface area contributed by atoms with Crippen molar-refractivity contribution in [3.05, 3.63) is 0 Å². The largest absolute Gasteiger partial charge is 0.350 e. The summed E-state index contributed by atoms with van der Waals surface area (Å²) in [5.41, 5.74) is 5.08. The van der Waals surface area contributed by atoms with E-state index in [9.17, 15) is 14.4 Å². The SMILES string of the molecule is Cl.NCC(NC(=O)CN1C(=O)NC2(CCCCC2)C1=O)C1CCCCC1. The Morgan fingerprint density at radius 2 is 1.77 bits per heavy atom. The molecule has 1 saturated heterocycles. The molecule has 0 bridgehead atoms. The normalized spacial score (nSPS) is 24.1. The second-order valence-corrected chi connectivity index (χ2v) is 7.77. The highest BCUT2D eigenvalue weighted by Crippen LogP contribution is 2.33. The summed E-state index contributed by atoms with van der Waals surface area (Å²) in [6, 6.07) is -0.513. The van der Waals surface area contributed by atoms with Crippen LogP contribution in [0.1, 0.15) is 64.2 Å². The van der Waals surface area contributed by atoms with E-state index >= 15 is 0 Å². The summed E-state index contributed by atoms with van der Waals surface area (Å²) in [6.45, 7) is 0.177. The Morgan fingerprint density at radius 1 is 1.15 bits per heavy atom. The second-order valence-electron chi connectivity index (χ2n) is 7.77. The van der Waals surface area contributed by atoms with Gasteiger partial charge in [0.1, 0.15) is 12.1 Å². The fourth-order valence-corrected chi connectivity index (χ4v) is 4.62. The van der Waals surface area contributed by atoms with Crippen LogP contribution in [0.15, 0.2) is 0 Å². The molecule has 1 aliphatic heterocycles. The van der Waals surface area contributed by atoms with Gasteiger partial charge in [-0.3, -0.25) is 14.5 Å². The van der Waals surface area contributed by atoms with Crippen molar-refractivity contribution in [1.82, 2.24) is 15.5 Å². The van der Waals surface area contributed by atoms with Gasteiger partial charge in [0.25, 0.3) is 5.91 Å². The molecule has 2 aliphatic carbocycles. The molecular formula is C18H31ClN4O3. The molecule has 148 valence electrons. The van der Waals surface area contributed by atoms with Crippen LogP contribution >= 0.6 is 12.4 Å². The molecule has 1 unspecified atom stereocenters. The first kappa shape index (κ1) is 21.0. The average molecular weight is 387 g/mol. The molecule has 4 N–H and O–H groups in total. The van der Waals surface area contributed by atoms with Crippen LogP contribution in [0.5, 0.6) is 0 Å². The predicted molar refractivity (Wildman–Crippen MR) is 101 cm³/mol. The van der Waals surface area contributed by atoms with Gasteiger partial charge in [0.05, 0.1) is 0 Å². The highest BCUT2D eigenvalue weighted by Gasteiger charge is 2.51. The van der Waals surface area contributed by atoms with Gasteiger partial charge in [-0.05, 0) is 31.6 Å². The molecule has 0 aromatic heterocycles. The van der Waals surface area contributed by atoms with Crippen molar-refractivity contribution in [3.63, 3.8) is 0 Å². The number of amides is 4. The summed E-state index contributed by atoms with van der Waals surface area (Å²) in [5.74, 6) is -0.137. The first-order valence-electron chi connectivity index (χ1n) is 9.69. The number of rotatable bonds is 5. The number of urea groups is 1. The summed E-state index contributed by atoms with van der Waals surface area (Å²) >= 11 is 0. The Balaban J connectivity index is 0.00000243. The second kappa shape index (κ2) is 9.04. The summed E-state index contributed by atoms with van der Waals surface area (Å²) in [6.07, 6.45) is 10.0. The summed E-state index contributed by atoms with van der Waals surface area (Å²) < 4.78 is 0. The maximum absolute atomic E-state index is 12.7. The predicted octanol–water partition coefficient (Wildman–Crippen LogP) is 1.69. The Hall–Kier alpha value is -1.34. The summed E-state index contributed by atoms with van der Waals surface area (Å²) in [4.78, 5) is 38.5. The number of hydrogen-bond donors (Lipinski definition) is 3. The van der Waals surface area contributed by atoms with Crippen LogP contribution < -0.4 is 16.4 Å². The zero-order valence-corrected chi connectivity index (χ0v) is 16.1. The van der Waals surface area contributed by atoms with Crippen LogP contribution in [-0.4, -0.2) is 47.4 Å². The maximum Gasteiger partial charge on any atom is 0.325 e. The van der Waals surface area contributed by atoms with Gasteiger partial charge in [-0.15, -0.1) is 12.4 Å². The van der Waals surface area contributed by atoms with E-state index in [1.165, 1.54) is 19.3 Å². The molecule has 8 heteroatoms. The molecule has 2 saturated carbocycles. The van der Waals surface area contributed by atoms with Crippen molar-refractivity contribution in [2.45, 2.75) is 75.8 Å². The van der Waals surface area contributed by atoms with Gasteiger partial charge in [-0.25, -0.2) is 4.79 Å². The Morgan fingerprint density at radius 3 is 2.38 bits per heavy atom. The van der Waals surface area contributed by atoms with Crippen molar-refractivity contribution >= 4 is 30.3 Å². The molecule has 0 aromatic carbocycles. The molecule has 26 heavy (non-hydrogen) atoms. The lowest BCUT2D eigenvalue weighted by Crippen LogP contribution is -2.51. The summed E-state index contributed by atoms with van der Waals surface area (Å²) in [7, 11) is 0. The quantitative estimate of drug-likeness (QED) is 0.625. The Kier molecular flexibility index (Phi) is 7.29. The van der Waals surface area contributed by atoms with Gasteiger partial charge >= 0.3 is 6.03 Å². The van der Waals surface area contributed by atoms with Crippen LogP contribution in [0.3, 0.4) is 0 Å². The van der Waals surface area contributed by atoms with Gasteiger partial charge < -0.3 is 16.4 Å².